The van der Waals surface area contributed by atoms with Crippen molar-refractivity contribution in [2.45, 2.75) is 19.9 Å². The minimum atomic E-state index is -0.611. The summed E-state index contributed by atoms with van der Waals surface area (Å²) in [5, 5.41) is 12.0. The van der Waals surface area contributed by atoms with Gasteiger partial charge in [0.2, 0.25) is 5.91 Å². The summed E-state index contributed by atoms with van der Waals surface area (Å²) < 4.78 is 0. The molecule has 0 fully saturated rings. The molecule has 1 amide bonds. The molecule has 0 spiro atoms. The first-order valence-corrected chi connectivity index (χ1v) is 5.59. The fourth-order valence-corrected chi connectivity index (χ4v) is 1.41. The van der Waals surface area contributed by atoms with Gasteiger partial charge in [0.15, 0.2) is 0 Å². The van der Waals surface area contributed by atoms with Crippen molar-refractivity contribution < 1.29 is 4.79 Å². The molecule has 0 aliphatic heterocycles. The lowest BCUT2D eigenvalue weighted by molar-refractivity contribution is -0.118. The number of carbonyl (C=O) groups excluding carboxylic acids is 1. The van der Waals surface area contributed by atoms with Crippen molar-refractivity contribution in [3.05, 3.63) is 28.8 Å². The van der Waals surface area contributed by atoms with Gasteiger partial charge in [-0.3, -0.25) is 4.79 Å². The standard InChI is InChI=1S/C12H14ClN3O/c1-7(2)11(15)12(17)16-10-5-9(13)4-3-8(10)6-14/h3-5,7,11H,15H2,1-2H3,(H,16,17)/t11-/m1/s1. The molecule has 1 aromatic rings. The first-order valence-electron chi connectivity index (χ1n) is 5.21. The Morgan fingerprint density at radius 1 is 1.53 bits per heavy atom. The highest BCUT2D eigenvalue weighted by atomic mass is 35.5. The zero-order valence-corrected chi connectivity index (χ0v) is 10.5. The SMILES string of the molecule is CC(C)[C@@H](N)C(=O)Nc1cc(Cl)ccc1C#N. The van der Waals surface area contributed by atoms with Crippen molar-refractivity contribution in [1.82, 2.24) is 0 Å². The van der Waals surface area contributed by atoms with Gasteiger partial charge in [-0.15, -0.1) is 0 Å². The van der Waals surface area contributed by atoms with Gasteiger partial charge >= 0.3 is 0 Å². The molecule has 0 aromatic heterocycles. The van der Waals surface area contributed by atoms with E-state index in [-0.39, 0.29) is 11.8 Å². The van der Waals surface area contributed by atoms with Crippen LogP contribution in [-0.4, -0.2) is 11.9 Å². The van der Waals surface area contributed by atoms with E-state index in [1.165, 1.54) is 6.07 Å². The maximum Gasteiger partial charge on any atom is 0.241 e. The topological polar surface area (TPSA) is 78.9 Å². The molecule has 5 heteroatoms. The van der Waals surface area contributed by atoms with Gasteiger partial charge in [-0.2, -0.15) is 5.26 Å². The van der Waals surface area contributed by atoms with Crippen LogP contribution in [0.15, 0.2) is 18.2 Å². The molecule has 1 rings (SSSR count). The Morgan fingerprint density at radius 2 is 2.18 bits per heavy atom. The van der Waals surface area contributed by atoms with Crippen LogP contribution in [0.2, 0.25) is 5.02 Å². The summed E-state index contributed by atoms with van der Waals surface area (Å²) in [7, 11) is 0. The van der Waals surface area contributed by atoms with E-state index >= 15 is 0 Å². The van der Waals surface area contributed by atoms with Crippen molar-refractivity contribution in [2.24, 2.45) is 11.7 Å². The van der Waals surface area contributed by atoms with Gasteiger partial charge in [-0.1, -0.05) is 25.4 Å². The Bertz CT molecular complexity index is 465. The van der Waals surface area contributed by atoms with Crippen LogP contribution in [0.1, 0.15) is 19.4 Å². The zero-order valence-electron chi connectivity index (χ0n) is 9.70. The molecule has 17 heavy (non-hydrogen) atoms. The first kappa shape index (κ1) is 13.5. The molecule has 1 aromatic carbocycles. The Kier molecular flexibility index (Phi) is 4.50. The second kappa shape index (κ2) is 5.67. The average Bonchev–Trinajstić information content (AvgIpc) is 2.28. The Balaban J connectivity index is 2.92. The molecule has 0 saturated heterocycles. The van der Waals surface area contributed by atoms with Gasteiger partial charge in [-0.25, -0.2) is 0 Å². The van der Waals surface area contributed by atoms with Gasteiger partial charge < -0.3 is 11.1 Å². The van der Waals surface area contributed by atoms with E-state index in [4.69, 9.17) is 22.6 Å². The van der Waals surface area contributed by atoms with Gasteiger partial charge in [0.25, 0.3) is 0 Å². The summed E-state index contributed by atoms with van der Waals surface area (Å²) >= 11 is 5.81. The predicted molar refractivity (Wildman–Crippen MR) is 67.6 cm³/mol. The van der Waals surface area contributed by atoms with Crippen molar-refractivity contribution in [3.8, 4) is 6.07 Å². The number of nitriles is 1. The Labute approximate surface area is 105 Å². The fourth-order valence-electron chi connectivity index (χ4n) is 1.24. The maximum atomic E-state index is 11.7. The van der Waals surface area contributed by atoms with Crippen LogP contribution in [-0.2, 0) is 4.79 Å². The second-order valence-corrected chi connectivity index (χ2v) is 4.50. The fraction of sp³-hybridized carbons (Fsp3) is 0.333. The summed E-state index contributed by atoms with van der Waals surface area (Å²) in [5.74, 6) is -0.293. The predicted octanol–water partition coefficient (Wildman–Crippen LogP) is 2.13. The molecule has 0 bridgehead atoms. The molecular formula is C12H14ClN3O. The van der Waals surface area contributed by atoms with E-state index in [1.807, 2.05) is 19.9 Å². The van der Waals surface area contributed by atoms with Crippen molar-refractivity contribution >= 4 is 23.2 Å². The third-order valence-electron chi connectivity index (χ3n) is 2.38. The third-order valence-corrected chi connectivity index (χ3v) is 2.62. The summed E-state index contributed by atoms with van der Waals surface area (Å²) in [6, 6.07) is 6.05. The molecule has 1 atom stereocenters. The quantitative estimate of drug-likeness (QED) is 0.864. The summed E-state index contributed by atoms with van der Waals surface area (Å²) in [6.45, 7) is 3.71. The number of rotatable bonds is 3. The number of benzene rings is 1. The second-order valence-electron chi connectivity index (χ2n) is 4.06. The molecule has 0 radical (unpaired) electrons. The highest BCUT2D eigenvalue weighted by Gasteiger charge is 2.18. The smallest absolute Gasteiger partial charge is 0.241 e. The molecular weight excluding hydrogens is 238 g/mol. The lowest BCUT2D eigenvalue weighted by atomic mass is 10.0. The van der Waals surface area contributed by atoms with Crippen molar-refractivity contribution in [2.75, 3.05) is 5.32 Å². The molecule has 0 unspecified atom stereocenters. The van der Waals surface area contributed by atoms with Gasteiger partial charge in [-0.05, 0) is 24.1 Å². The number of nitrogens with one attached hydrogen (secondary N) is 1. The zero-order chi connectivity index (χ0) is 13.0. The number of anilines is 1. The van der Waals surface area contributed by atoms with Gasteiger partial charge in [0, 0.05) is 5.02 Å². The van der Waals surface area contributed by atoms with E-state index in [1.54, 1.807) is 12.1 Å². The number of nitrogens with two attached hydrogens (primary N) is 1. The lowest BCUT2D eigenvalue weighted by Gasteiger charge is -2.16. The van der Waals surface area contributed by atoms with Crippen LogP contribution in [0.4, 0.5) is 5.69 Å². The van der Waals surface area contributed by atoms with Crippen molar-refractivity contribution in [3.63, 3.8) is 0 Å². The first-order chi connectivity index (χ1) is 7.95. The molecule has 4 nitrogen and oxygen atoms in total. The molecule has 0 aliphatic carbocycles. The maximum absolute atomic E-state index is 11.7. The number of nitrogens with zero attached hydrogens (tertiary/aromatic N) is 1. The summed E-state index contributed by atoms with van der Waals surface area (Å²) in [6.07, 6.45) is 0. The van der Waals surface area contributed by atoms with Crippen LogP contribution in [0.25, 0.3) is 0 Å². The molecule has 90 valence electrons. The molecule has 0 aliphatic rings. The third kappa shape index (κ3) is 3.45. The Morgan fingerprint density at radius 3 is 2.71 bits per heavy atom. The normalized spacial score (nSPS) is 12.0. The number of hydrogen-bond acceptors (Lipinski definition) is 3. The van der Waals surface area contributed by atoms with E-state index in [2.05, 4.69) is 5.32 Å². The number of carbonyl (C=O) groups is 1. The minimum Gasteiger partial charge on any atom is -0.323 e. The van der Waals surface area contributed by atoms with E-state index in [9.17, 15) is 4.79 Å². The van der Waals surface area contributed by atoms with Crippen LogP contribution >= 0.6 is 11.6 Å². The van der Waals surface area contributed by atoms with Crippen LogP contribution in [0, 0.1) is 17.2 Å². The van der Waals surface area contributed by atoms with Crippen molar-refractivity contribution in [1.29, 1.82) is 5.26 Å². The number of amides is 1. The van der Waals surface area contributed by atoms with E-state index in [0.29, 0.717) is 16.3 Å². The highest BCUT2D eigenvalue weighted by molar-refractivity contribution is 6.31. The summed E-state index contributed by atoms with van der Waals surface area (Å²) in [4.78, 5) is 11.7. The highest BCUT2D eigenvalue weighted by Crippen LogP contribution is 2.20. The van der Waals surface area contributed by atoms with E-state index in [0.717, 1.165) is 0 Å². The van der Waals surface area contributed by atoms with E-state index < -0.39 is 6.04 Å². The largest absolute Gasteiger partial charge is 0.323 e. The summed E-state index contributed by atoms with van der Waals surface area (Å²) in [5.41, 5.74) is 6.46. The van der Waals surface area contributed by atoms with Gasteiger partial charge in [0.1, 0.15) is 6.07 Å². The van der Waals surface area contributed by atoms with Gasteiger partial charge in [0.05, 0.1) is 17.3 Å². The number of hydrogen-bond donors (Lipinski definition) is 2. The van der Waals surface area contributed by atoms with Crippen LogP contribution in [0.3, 0.4) is 0 Å². The molecule has 0 saturated carbocycles. The van der Waals surface area contributed by atoms with Crippen LogP contribution < -0.4 is 11.1 Å². The molecule has 0 heterocycles. The number of halogens is 1. The monoisotopic (exact) mass is 251 g/mol. The minimum absolute atomic E-state index is 0.0275. The average molecular weight is 252 g/mol. The Hall–Kier alpha value is -1.57. The molecule has 3 N–H and O–H groups in total. The van der Waals surface area contributed by atoms with Crippen LogP contribution in [0.5, 0.6) is 0 Å². The lowest BCUT2D eigenvalue weighted by Crippen LogP contribution is -2.39.